The maximum atomic E-state index is 12.4. The van der Waals surface area contributed by atoms with Crippen LogP contribution in [0.3, 0.4) is 0 Å². The van der Waals surface area contributed by atoms with Gasteiger partial charge in [0.2, 0.25) is 5.91 Å². The first-order valence-corrected chi connectivity index (χ1v) is 9.12. The Morgan fingerprint density at radius 3 is 3.21 bits per heavy atom. The molecule has 3 atom stereocenters. The standard InChI is InChI=1S/C17H20N4O2S/c1-11-18-17(20-19-11)14-9-12-6-7-21(10-15(12)23-14)16(22)5-4-13-3-2-8-24-13/h2-5,8,12,14-15H,6-7,9-10H2,1H3,(H,18,19,20)/b5-4+/t12-,14+,15+/m0/s1. The minimum absolute atomic E-state index is 0.0540. The van der Waals surface area contributed by atoms with Crippen LogP contribution in [0.25, 0.3) is 6.08 Å². The van der Waals surface area contributed by atoms with E-state index in [2.05, 4.69) is 15.2 Å². The lowest BCUT2D eigenvalue weighted by Gasteiger charge is -2.33. The van der Waals surface area contributed by atoms with Crippen molar-refractivity contribution in [1.82, 2.24) is 20.1 Å². The summed E-state index contributed by atoms with van der Waals surface area (Å²) >= 11 is 1.63. The predicted octanol–water partition coefficient (Wildman–Crippen LogP) is 2.57. The molecule has 4 rings (SSSR count). The van der Waals surface area contributed by atoms with Crippen LogP contribution in [0.4, 0.5) is 0 Å². The fourth-order valence-corrected chi connectivity index (χ4v) is 4.06. The third kappa shape index (κ3) is 3.14. The number of likely N-dealkylation sites (tertiary alicyclic amines) is 1. The minimum Gasteiger partial charge on any atom is -0.365 e. The van der Waals surface area contributed by atoms with E-state index in [9.17, 15) is 4.79 Å². The topological polar surface area (TPSA) is 71.1 Å². The first kappa shape index (κ1) is 15.5. The van der Waals surface area contributed by atoms with Gasteiger partial charge in [-0.25, -0.2) is 4.98 Å². The molecule has 1 N–H and O–H groups in total. The zero-order chi connectivity index (χ0) is 16.5. The number of amides is 1. The van der Waals surface area contributed by atoms with Gasteiger partial charge in [-0.2, -0.15) is 5.10 Å². The van der Waals surface area contributed by atoms with Crippen molar-refractivity contribution in [3.8, 4) is 0 Å². The summed E-state index contributed by atoms with van der Waals surface area (Å²) in [5.41, 5.74) is 0. The van der Waals surface area contributed by atoms with Crippen LogP contribution in [0.15, 0.2) is 23.6 Å². The third-order valence-electron chi connectivity index (χ3n) is 4.70. The fourth-order valence-electron chi connectivity index (χ4n) is 3.45. The largest absolute Gasteiger partial charge is 0.365 e. The van der Waals surface area contributed by atoms with E-state index in [0.717, 1.165) is 35.9 Å². The Bertz CT molecular complexity index is 740. The van der Waals surface area contributed by atoms with Crippen LogP contribution in [0.5, 0.6) is 0 Å². The maximum absolute atomic E-state index is 12.4. The summed E-state index contributed by atoms with van der Waals surface area (Å²) in [4.78, 5) is 19.8. The van der Waals surface area contributed by atoms with Crippen LogP contribution in [-0.4, -0.2) is 45.2 Å². The molecule has 0 aliphatic carbocycles. The molecule has 0 spiro atoms. The number of H-pyrrole nitrogens is 1. The highest BCUT2D eigenvalue weighted by molar-refractivity contribution is 7.10. The molecule has 4 heterocycles. The fraction of sp³-hybridized carbons (Fsp3) is 0.471. The Labute approximate surface area is 144 Å². The first-order valence-electron chi connectivity index (χ1n) is 8.24. The normalized spacial score (nSPS) is 26.9. The molecule has 24 heavy (non-hydrogen) atoms. The molecule has 2 aromatic heterocycles. The van der Waals surface area contributed by atoms with Crippen molar-refractivity contribution < 1.29 is 9.53 Å². The van der Waals surface area contributed by atoms with Gasteiger partial charge in [0.05, 0.1) is 6.10 Å². The van der Waals surface area contributed by atoms with Gasteiger partial charge in [-0.15, -0.1) is 11.3 Å². The number of rotatable bonds is 3. The Balaban J connectivity index is 1.38. The molecule has 2 aliphatic rings. The molecule has 126 valence electrons. The number of hydrogen-bond donors (Lipinski definition) is 1. The number of aromatic amines is 1. The number of hydrogen-bond acceptors (Lipinski definition) is 5. The minimum atomic E-state index is -0.0540. The molecular formula is C17H20N4O2S. The zero-order valence-corrected chi connectivity index (χ0v) is 14.3. The maximum Gasteiger partial charge on any atom is 0.246 e. The second-order valence-electron chi connectivity index (χ2n) is 6.36. The van der Waals surface area contributed by atoms with Gasteiger partial charge in [0.1, 0.15) is 11.9 Å². The lowest BCUT2D eigenvalue weighted by Crippen LogP contribution is -2.44. The Hall–Kier alpha value is -1.99. The second kappa shape index (κ2) is 6.49. The zero-order valence-electron chi connectivity index (χ0n) is 13.5. The number of nitrogens with zero attached hydrogens (tertiary/aromatic N) is 3. The van der Waals surface area contributed by atoms with Gasteiger partial charge in [-0.05, 0) is 43.2 Å². The van der Waals surface area contributed by atoms with Crippen LogP contribution < -0.4 is 0 Å². The molecule has 1 amide bonds. The van der Waals surface area contributed by atoms with Crippen LogP contribution in [0.2, 0.25) is 0 Å². The van der Waals surface area contributed by atoms with Gasteiger partial charge >= 0.3 is 0 Å². The molecule has 0 bridgehead atoms. The number of fused-ring (bicyclic) bond motifs is 1. The Morgan fingerprint density at radius 2 is 2.46 bits per heavy atom. The number of aromatic nitrogens is 3. The lowest BCUT2D eigenvalue weighted by molar-refractivity contribution is -0.130. The van der Waals surface area contributed by atoms with E-state index in [1.54, 1.807) is 17.4 Å². The summed E-state index contributed by atoms with van der Waals surface area (Å²) in [7, 11) is 0. The second-order valence-corrected chi connectivity index (χ2v) is 7.34. The van der Waals surface area contributed by atoms with Crippen molar-refractivity contribution in [3.05, 3.63) is 40.1 Å². The molecule has 0 unspecified atom stereocenters. The molecule has 2 fully saturated rings. The van der Waals surface area contributed by atoms with E-state index in [1.807, 2.05) is 35.4 Å². The molecule has 2 saturated heterocycles. The number of aryl methyl sites for hydroxylation is 1. The van der Waals surface area contributed by atoms with Crippen molar-refractivity contribution in [2.75, 3.05) is 13.1 Å². The molecular weight excluding hydrogens is 324 g/mol. The van der Waals surface area contributed by atoms with Crippen molar-refractivity contribution in [2.45, 2.75) is 32.0 Å². The summed E-state index contributed by atoms with van der Waals surface area (Å²) in [5.74, 6) is 2.08. The van der Waals surface area contributed by atoms with Crippen molar-refractivity contribution >= 4 is 23.3 Å². The molecule has 0 aromatic carbocycles. The average Bonchev–Trinajstić information content (AvgIpc) is 3.31. The summed E-state index contributed by atoms with van der Waals surface area (Å²) in [6, 6.07) is 3.99. The summed E-state index contributed by atoms with van der Waals surface area (Å²) in [6.07, 6.45) is 5.49. The van der Waals surface area contributed by atoms with Crippen molar-refractivity contribution in [1.29, 1.82) is 0 Å². The number of piperidine rings is 1. The van der Waals surface area contributed by atoms with Crippen LogP contribution >= 0.6 is 11.3 Å². The van der Waals surface area contributed by atoms with Gasteiger partial charge < -0.3 is 9.64 Å². The van der Waals surface area contributed by atoms with Crippen molar-refractivity contribution in [2.24, 2.45) is 5.92 Å². The monoisotopic (exact) mass is 344 g/mol. The number of nitrogens with one attached hydrogen (secondary N) is 1. The Morgan fingerprint density at radius 1 is 1.54 bits per heavy atom. The van der Waals surface area contributed by atoms with E-state index in [0.29, 0.717) is 12.5 Å². The van der Waals surface area contributed by atoms with Crippen LogP contribution in [-0.2, 0) is 9.53 Å². The van der Waals surface area contributed by atoms with Crippen LogP contribution in [0.1, 0.15) is 35.5 Å². The molecule has 2 aromatic rings. The number of thiophene rings is 1. The summed E-state index contributed by atoms with van der Waals surface area (Å²) in [6.45, 7) is 3.33. The first-order chi connectivity index (χ1) is 11.7. The number of carbonyl (C=O) groups is 1. The average molecular weight is 344 g/mol. The van der Waals surface area contributed by atoms with Gasteiger partial charge in [0.25, 0.3) is 0 Å². The Kier molecular flexibility index (Phi) is 4.20. The molecule has 6 nitrogen and oxygen atoms in total. The van der Waals surface area contributed by atoms with E-state index in [-0.39, 0.29) is 18.1 Å². The molecule has 2 aliphatic heterocycles. The number of ether oxygens (including phenoxy) is 1. The van der Waals surface area contributed by atoms with Gasteiger partial charge in [-0.3, -0.25) is 9.89 Å². The third-order valence-corrected chi connectivity index (χ3v) is 5.54. The summed E-state index contributed by atoms with van der Waals surface area (Å²) < 4.78 is 6.13. The van der Waals surface area contributed by atoms with E-state index < -0.39 is 0 Å². The molecule has 0 radical (unpaired) electrons. The summed E-state index contributed by atoms with van der Waals surface area (Å²) in [5, 5.41) is 9.09. The van der Waals surface area contributed by atoms with Crippen LogP contribution in [0, 0.1) is 12.8 Å². The quantitative estimate of drug-likeness (QED) is 0.869. The van der Waals surface area contributed by atoms with E-state index >= 15 is 0 Å². The van der Waals surface area contributed by atoms with E-state index in [4.69, 9.17) is 4.74 Å². The SMILES string of the molecule is Cc1nc([C@H]2C[C@@H]3CCN(C(=O)/C=C/c4cccs4)C[C@H]3O2)n[nH]1. The highest BCUT2D eigenvalue weighted by atomic mass is 32.1. The highest BCUT2D eigenvalue weighted by Crippen LogP contribution is 2.39. The smallest absolute Gasteiger partial charge is 0.246 e. The highest BCUT2D eigenvalue weighted by Gasteiger charge is 2.41. The predicted molar refractivity (Wildman–Crippen MR) is 91.4 cm³/mol. The van der Waals surface area contributed by atoms with Gasteiger partial charge in [-0.1, -0.05) is 6.07 Å². The number of carbonyl (C=O) groups excluding carboxylic acids is 1. The molecule has 7 heteroatoms. The van der Waals surface area contributed by atoms with Gasteiger partial charge in [0, 0.05) is 24.0 Å². The lowest BCUT2D eigenvalue weighted by atomic mass is 9.91. The van der Waals surface area contributed by atoms with E-state index in [1.165, 1.54) is 0 Å². The molecule has 0 saturated carbocycles. The van der Waals surface area contributed by atoms with Gasteiger partial charge in [0.15, 0.2) is 5.82 Å². The van der Waals surface area contributed by atoms with Crippen molar-refractivity contribution in [3.63, 3.8) is 0 Å².